The highest BCUT2D eigenvalue weighted by molar-refractivity contribution is 4.85. The number of hydrogen-bond acceptors (Lipinski definition) is 1. The van der Waals surface area contributed by atoms with Crippen molar-refractivity contribution in [3.63, 3.8) is 0 Å². The van der Waals surface area contributed by atoms with E-state index in [1.54, 1.807) is 0 Å². The van der Waals surface area contributed by atoms with Crippen LogP contribution in [0.1, 0.15) is 20.8 Å². The van der Waals surface area contributed by atoms with Gasteiger partial charge in [-0.1, -0.05) is 20.4 Å². The fraction of sp³-hybridized carbons (Fsp3) is 0.714. The number of allylic oxidation sites excluding steroid dienone is 1. The first-order chi connectivity index (χ1) is 3.68. The van der Waals surface area contributed by atoms with E-state index in [0.717, 1.165) is 12.4 Å². The molecule has 0 rings (SSSR count). The largest absolute Gasteiger partial charge is 0.499 e. The molecule has 0 aromatic heterocycles. The number of ether oxygens (including phenoxy) is 1. The lowest BCUT2D eigenvalue weighted by Gasteiger charge is -2.08. The van der Waals surface area contributed by atoms with Gasteiger partial charge in [0.25, 0.3) is 0 Å². The van der Waals surface area contributed by atoms with Crippen LogP contribution >= 0.6 is 0 Å². The first kappa shape index (κ1) is 11.3. The van der Waals surface area contributed by atoms with Gasteiger partial charge in [-0.15, -0.1) is 0 Å². The SMILES string of the molecule is C=C(OCC)C(C)C.F. The Morgan fingerprint density at radius 3 is 2.11 bits per heavy atom. The second-order valence-electron chi connectivity index (χ2n) is 2.05. The summed E-state index contributed by atoms with van der Waals surface area (Å²) in [6.07, 6.45) is 0. The van der Waals surface area contributed by atoms with Crippen LogP contribution in [-0.4, -0.2) is 6.61 Å². The second kappa shape index (κ2) is 5.60. The topological polar surface area (TPSA) is 9.23 Å². The van der Waals surface area contributed by atoms with Crippen LogP contribution in [0.2, 0.25) is 0 Å². The minimum absolute atomic E-state index is 0. The van der Waals surface area contributed by atoms with Crippen molar-refractivity contribution in [1.82, 2.24) is 0 Å². The van der Waals surface area contributed by atoms with E-state index >= 15 is 0 Å². The molecule has 0 aliphatic rings. The van der Waals surface area contributed by atoms with Crippen LogP contribution in [0.3, 0.4) is 0 Å². The summed E-state index contributed by atoms with van der Waals surface area (Å²) >= 11 is 0. The second-order valence-corrected chi connectivity index (χ2v) is 2.05. The first-order valence-corrected chi connectivity index (χ1v) is 3.00. The van der Waals surface area contributed by atoms with E-state index in [9.17, 15) is 0 Å². The average Bonchev–Trinajstić information content (AvgIpc) is 1.67. The predicted molar refractivity (Wildman–Crippen MR) is 38.1 cm³/mol. The molecule has 0 saturated carbocycles. The summed E-state index contributed by atoms with van der Waals surface area (Å²) in [4.78, 5) is 0. The Morgan fingerprint density at radius 2 is 2.00 bits per heavy atom. The van der Waals surface area contributed by atoms with Crippen molar-refractivity contribution in [1.29, 1.82) is 0 Å². The van der Waals surface area contributed by atoms with E-state index in [1.165, 1.54) is 0 Å². The van der Waals surface area contributed by atoms with Crippen LogP contribution in [0.15, 0.2) is 12.3 Å². The lowest BCUT2D eigenvalue weighted by molar-refractivity contribution is 0.202. The molecule has 0 unspecified atom stereocenters. The highest BCUT2D eigenvalue weighted by atomic mass is 19.0. The van der Waals surface area contributed by atoms with Crippen molar-refractivity contribution < 1.29 is 9.44 Å². The molecular weight excluding hydrogens is 119 g/mol. The van der Waals surface area contributed by atoms with Gasteiger partial charge in [-0.05, 0) is 6.92 Å². The summed E-state index contributed by atoms with van der Waals surface area (Å²) < 4.78 is 5.11. The van der Waals surface area contributed by atoms with E-state index < -0.39 is 0 Å². The summed E-state index contributed by atoms with van der Waals surface area (Å²) in [5.41, 5.74) is 0. The van der Waals surface area contributed by atoms with Gasteiger partial charge in [0.2, 0.25) is 0 Å². The van der Waals surface area contributed by atoms with Crippen LogP contribution in [-0.2, 0) is 4.74 Å². The maximum absolute atomic E-state index is 5.11. The zero-order valence-electron chi connectivity index (χ0n) is 6.31. The molecule has 2 heteroatoms. The van der Waals surface area contributed by atoms with Gasteiger partial charge in [0, 0.05) is 5.92 Å². The van der Waals surface area contributed by atoms with E-state index in [4.69, 9.17) is 4.74 Å². The van der Waals surface area contributed by atoms with Crippen molar-refractivity contribution in [3.8, 4) is 0 Å². The van der Waals surface area contributed by atoms with Crippen LogP contribution in [0.25, 0.3) is 0 Å². The fourth-order valence-electron chi connectivity index (χ4n) is 0.352. The molecule has 0 aliphatic carbocycles. The molecule has 0 atom stereocenters. The Hall–Kier alpha value is -0.530. The molecular formula is C7H15FO. The van der Waals surface area contributed by atoms with Gasteiger partial charge in [-0.3, -0.25) is 4.70 Å². The Bertz CT molecular complexity index is 79.0. The molecule has 0 aromatic carbocycles. The number of halogens is 1. The number of hydrogen-bond donors (Lipinski definition) is 0. The molecule has 0 spiro atoms. The summed E-state index contributed by atoms with van der Waals surface area (Å²) in [7, 11) is 0. The summed E-state index contributed by atoms with van der Waals surface area (Å²) in [6.45, 7) is 10.6. The highest BCUT2D eigenvalue weighted by Crippen LogP contribution is 2.06. The van der Waals surface area contributed by atoms with Gasteiger partial charge >= 0.3 is 0 Å². The predicted octanol–water partition coefficient (Wildman–Crippen LogP) is 2.35. The van der Waals surface area contributed by atoms with Gasteiger partial charge in [0.1, 0.15) is 0 Å². The normalized spacial score (nSPS) is 8.44. The van der Waals surface area contributed by atoms with Crippen LogP contribution in [0, 0.1) is 5.92 Å². The monoisotopic (exact) mass is 134 g/mol. The Balaban J connectivity index is 0. The standard InChI is InChI=1S/C7H14O.FH/c1-5-8-7(4)6(2)3;/h6H,4-5H2,1-3H3;1H. The maximum Gasteiger partial charge on any atom is 0.0913 e. The Morgan fingerprint density at radius 1 is 1.56 bits per heavy atom. The number of rotatable bonds is 3. The molecule has 0 heterocycles. The van der Waals surface area contributed by atoms with Crippen molar-refractivity contribution in [2.24, 2.45) is 5.92 Å². The van der Waals surface area contributed by atoms with Crippen LogP contribution < -0.4 is 0 Å². The molecule has 0 saturated heterocycles. The third-order valence-electron chi connectivity index (χ3n) is 0.974. The van der Waals surface area contributed by atoms with Crippen molar-refractivity contribution in [3.05, 3.63) is 12.3 Å². The van der Waals surface area contributed by atoms with Gasteiger partial charge in [0.15, 0.2) is 0 Å². The molecule has 0 bridgehead atoms. The van der Waals surface area contributed by atoms with E-state index in [1.807, 2.05) is 6.92 Å². The molecule has 9 heavy (non-hydrogen) atoms. The minimum Gasteiger partial charge on any atom is -0.499 e. The average molecular weight is 134 g/mol. The van der Waals surface area contributed by atoms with E-state index in [2.05, 4.69) is 20.4 Å². The maximum atomic E-state index is 5.11. The molecule has 0 amide bonds. The Labute approximate surface area is 56.1 Å². The third kappa shape index (κ3) is 5.34. The molecule has 0 fully saturated rings. The first-order valence-electron chi connectivity index (χ1n) is 3.00. The summed E-state index contributed by atoms with van der Waals surface area (Å²) in [5.74, 6) is 1.34. The van der Waals surface area contributed by atoms with Gasteiger partial charge < -0.3 is 4.74 Å². The third-order valence-corrected chi connectivity index (χ3v) is 0.974. The van der Waals surface area contributed by atoms with Gasteiger partial charge in [0.05, 0.1) is 12.4 Å². The Kier molecular flexibility index (Phi) is 7.03. The quantitative estimate of drug-likeness (QED) is 0.538. The fourth-order valence-corrected chi connectivity index (χ4v) is 0.352. The van der Waals surface area contributed by atoms with Gasteiger partial charge in [-0.25, -0.2) is 0 Å². The van der Waals surface area contributed by atoms with Crippen molar-refractivity contribution in [2.45, 2.75) is 20.8 Å². The van der Waals surface area contributed by atoms with Crippen LogP contribution in [0.5, 0.6) is 0 Å². The summed E-state index contributed by atoms with van der Waals surface area (Å²) in [5, 5.41) is 0. The molecule has 0 aromatic rings. The lowest BCUT2D eigenvalue weighted by Crippen LogP contribution is -1.96. The molecule has 0 radical (unpaired) electrons. The van der Waals surface area contributed by atoms with E-state index in [-0.39, 0.29) is 4.70 Å². The molecule has 0 aliphatic heterocycles. The molecule has 0 N–H and O–H groups in total. The molecule has 1 nitrogen and oxygen atoms in total. The zero-order valence-corrected chi connectivity index (χ0v) is 6.31. The summed E-state index contributed by atoms with van der Waals surface area (Å²) in [6, 6.07) is 0. The smallest absolute Gasteiger partial charge is 0.0913 e. The highest BCUT2D eigenvalue weighted by Gasteiger charge is 1.96. The molecule has 56 valence electrons. The van der Waals surface area contributed by atoms with E-state index in [0.29, 0.717) is 5.92 Å². The van der Waals surface area contributed by atoms with Gasteiger partial charge in [-0.2, -0.15) is 0 Å². The van der Waals surface area contributed by atoms with Crippen molar-refractivity contribution >= 4 is 0 Å². The minimum atomic E-state index is 0. The van der Waals surface area contributed by atoms with Crippen LogP contribution in [0.4, 0.5) is 4.70 Å². The lowest BCUT2D eigenvalue weighted by atomic mass is 10.2. The zero-order chi connectivity index (χ0) is 6.57. The van der Waals surface area contributed by atoms with Crippen molar-refractivity contribution in [2.75, 3.05) is 6.61 Å².